The Kier molecular flexibility index (Phi) is 7.99. The van der Waals surface area contributed by atoms with Gasteiger partial charge in [-0.1, -0.05) is 12.1 Å². The van der Waals surface area contributed by atoms with Gasteiger partial charge in [0, 0.05) is 36.3 Å². The molecule has 162 valence electrons. The maximum Gasteiger partial charge on any atom is 0.269 e. The zero-order valence-electron chi connectivity index (χ0n) is 17.8. The molecular weight excluding hydrogens is 390 g/mol. The molecule has 1 atom stereocenters. The van der Waals surface area contributed by atoms with Gasteiger partial charge >= 0.3 is 0 Å². The SMILES string of the molecule is COc1cc(OC)c(OC)cc1CNC(=O)CN(C)C(C)c1cccc([N+](=O)[O-])c1. The number of hydrogen-bond acceptors (Lipinski definition) is 7. The number of non-ortho nitro benzene ring substituents is 1. The quantitative estimate of drug-likeness (QED) is 0.468. The zero-order valence-corrected chi connectivity index (χ0v) is 17.8. The molecule has 0 aliphatic carbocycles. The number of nitrogens with zero attached hydrogens (tertiary/aromatic N) is 2. The highest BCUT2D eigenvalue weighted by molar-refractivity contribution is 5.78. The van der Waals surface area contributed by atoms with Crippen LogP contribution in [0.4, 0.5) is 5.69 Å². The minimum absolute atomic E-state index is 0.0257. The first kappa shape index (κ1) is 23.0. The maximum atomic E-state index is 12.5. The molecule has 0 spiro atoms. The van der Waals surface area contributed by atoms with E-state index in [2.05, 4.69) is 5.32 Å². The number of carbonyl (C=O) groups is 1. The summed E-state index contributed by atoms with van der Waals surface area (Å²) in [7, 11) is 6.41. The summed E-state index contributed by atoms with van der Waals surface area (Å²) in [6.07, 6.45) is 0. The molecule has 0 saturated carbocycles. The minimum atomic E-state index is -0.431. The van der Waals surface area contributed by atoms with Crippen molar-refractivity contribution in [2.45, 2.75) is 19.5 Å². The Balaban J connectivity index is 2.02. The number of benzene rings is 2. The van der Waals surface area contributed by atoms with Crippen LogP contribution in [0.25, 0.3) is 0 Å². The molecule has 30 heavy (non-hydrogen) atoms. The molecule has 0 fully saturated rings. The van der Waals surface area contributed by atoms with Gasteiger partial charge in [-0.3, -0.25) is 19.8 Å². The summed E-state index contributed by atoms with van der Waals surface area (Å²) < 4.78 is 15.9. The first-order valence-corrected chi connectivity index (χ1v) is 9.30. The van der Waals surface area contributed by atoms with E-state index in [0.29, 0.717) is 17.2 Å². The van der Waals surface area contributed by atoms with Gasteiger partial charge in [-0.25, -0.2) is 0 Å². The van der Waals surface area contributed by atoms with E-state index in [1.165, 1.54) is 26.4 Å². The van der Waals surface area contributed by atoms with Crippen molar-refractivity contribution in [2.24, 2.45) is 0 Å². The monoisotopic (exact) mass is 417 g/mol. The third-order valence-corrected chi connectivity index (χ3v) is 4.88. The molecule has 0 radical (unpaired) electrons. The lowest BCUT2D eigenvalue weighted by Crippen LogP contribution is -2.36. The lowest BCUT2D eigenvalue weighted by molar-refractivity contribution is -0.384. The average Bonchev–Trinajstić information content (AvgIpc) is 2.76. The van der Waals surface area contributed by atoms with Gasteiger partial charge in [0.2, 0.25) is 5.91 Å². The van der Waals surface area contributed by atoms with E-state index in [4.69, 9.17) is 14.2 Å². The van der Waals surface area contributed by atoms with E-state index < -0.39 is 4.92 Å². The number of nitro groups is 1. The van der Waals surface area contributed by atoms with E-state index in [0.717, 1.165) is 11.1 Å². The summed E-state index contributed by atoms with van der Waals surface area (Å²) in [5, 5.41) is 13.8. The van der Waals surface area contributed by atoms with Crippen LogP contribution in [0, 0.1) is 10.1 Å². The van der Waals surface area contributed by atoms with Crippen molar-refractivity contribution in [1.29, 1.82) is 0 Å². The van der Waals surface area contributed by atoms with Crippen molar-refractivity contribution in [1.82, 2.24) is 10.2 Å². The molecular formula is C21H27N3O6. The van der Waals surface area contributed by atoms with Crippen molar-refractivity contribution in [2.75, 3.05) is 34.9 Å². The number of rotatable bonds is 10. The van der Waals surface area contributed by atoms with Gasteiger partial charge in [-0.05, 0) is 25.6 Å². The zero-order chi connectivity index (χ0) is 22.3. The summed E-state index contributed by atoms with van der Waals surface area (Å²) in [6, 6.07) is 9.70. The highest BCUT2D eigenvalue weighted by atomic mass is 16.6. The number of amides is 1. The summed E-state index contributed by atoms with van der Waals surface area (Å²) in [6.45, 7) is 2.27. The van der Waals surface area contributed by atoms with Crippen LogP contribution in [0.3, 0.4) is 0 Å². The number of nitrogens with one attached hydrogen (secondary N) is 1. The topological polar surface area (TPSA) is 103 Å². The van der Waals surface area contributed by atoms with E-state index in [1.807, 2.05) is 11.8 Å². The van der Waals surface area contributed by atoms with Crippen molar-refractivity contribution in [3.05, 3.63) is 57.6 Å². The van der Waals surface area contributed by atoms with Crippen LogP contribution in [0.2, 0.25) is 0 Å². The highest BCUT2D eigenvalue weighted by Crippen LogP contribution is 2.34. The van der Waals surface area contributed by atoms with Crippen LogP contribution >= 0.6 is 0 Å². The predicted molar refractivity (Wildman–Crippen MR) is 112 cm³/mol. The fourth-order valence-corrected chi connectivity index (χ4v) is 3.00. The number of carbonyl (C=O) groups excluding carboxylic acids is 1. The Morgan fingerprint density at radius 3 is 2.33 bits per heavy atom. The molecule has 0 heterocycles. The Morgan fingerprint density at radius 2 is 1.73 bits per heavy atom. The van der Waals surface area contributed by atoms with Gasteiger partial charge in [0.05, 0.1) is 32.8 Å². The van der Waals surface area contributed by atoms with Crippen LogP contribution in [-0.2, 0) is 11.3 Å². The molecule has 1 N–H and O–H groups in total. The van der Waals surface area contributed by atoms with Gasteiger partial charge in [-0.2, -0.15) is 0 Å². The van der Waals surface area contributed by atoms with Gasteiger partial charge in [0.1, 0.15) is 5.75 Å². The third-order valence-electron chi connectivity index (χ3n) is 4.88. The Bertz CT molecular complexity index is 902. The molecule has 0 aliphatic rings. The largest absolute Gasteiger partial charge is 0.496 e. The highest BCUT2D eigenvalue weighted by Gasteiger charge is 2.18. The standard InChI is InChI=1S/C21H27N3O6/c1-14(15-7-6-8-17(9-15)24(26)27)23(2)13-21(25)22-12-16-10-19(29-4)20(30-5)11-18(16)28-3/h6-11,14H,12-13H2,1-5H3,(H,22,25). The third kappa shape index (κ3) is 5.60. The summed E-state index contributed by atoms with van der Waals surface area (Å²) in [5.74, 6) is 1.46. The molecule has 1 amide bonds. The molecule has 9 nitrogen and oxygen atoms in total. The van der Waals surface area contributed by atoms with E-state index in [9.17, 15) is 14.9 Å². The van der Waals surface area contributed by atoms with Crippen LogP contribution in [-0.4, -0.2) is 50.7 Å². The molecule has 0 aliphatic heterocycles. The van der Waals surface area contributed by atoms with Crippen LogP contribution in [0.5, 0.6) is 17.2 Å². The van der Waals surface area contributed by atoms with Gasteiger partial charge in [-0.15, -0.1) is 0 Å². The second kappa shape index (κ2) is 10.4. The normalized spacial score (nSPS) is 11.7. The van der Waals surface area contributed by atoms with E-state index in [-0.39, 0.29) is 30.7 Å². The van der Waals surface area contributed by atoms with Crippen molar-refractivity contribution >= 4 is 11.6 Å². The fraction of sp³-hybridized carbons (Fsp3) is 0.381. The Morgan fingerprint density at radius 1 is 1.10 bits per heavy atom. The summed E-state index contributed by atoms with van der Waals surface area (Å²) in [5.41, 5.74) is 1.54. The molecule has 0 aromatic heterocycles. The Hall–Kier alpha value is -3.33. The van der Waals surface area contributed by atoms with Crippen molar-refractivity contribution in [3.63, 3.8) is 0 Å². The number of nitro benzene ring substituents is 1. The summed E-state index contributed by atoms with van der Waals surface area (Å²) in [4.78, 5) is 24.8. The molecule has 0 saturated heterocycles. The predicted octanol–water partition coefficient (Wildman–Crippen LogP) is 2.93. The number of ether oxygens (including phenoxy) is 3. The Labute approximate surface area is 175 Å². The van der Waals surface area contributed by atoms with Crippen LogP contribution < -0.4 is 19.5 Å². The smallest absolute Gasteiger partial charge is 0.269 e. The molecule has 1 unspecified atom stereocenters. The first-order chi connectivity index (χ1) is 14.3. The van der Waals surface area contributed by atoms with Crippen molar-refractivity contribution in [3.8, 4) is 17.2 Å². The minimum Gasteiger partial charge on any atom is -0.496 e. The van der Waals surface area contributed by atoms with Gasteiger partial charge in [0.15, 0.2) is 11.5 Å². The molecule has 2 rings (SSSR count). The fourth-order valence-electron chi connectivity index (χ4n) is 3.00. The van der Waals surface area contributed by atoms with Crippen molar-refractivity contribution < 1.29 is 23.9 Å². The average molecular weight is 417 g/mol. The van der Waals surface area contributed by atoms with Gasteiger partial charge in [0.25, 0.3) is 5.69 Å². The van der Waals surface area contributed by atoms with Crippen LogP contribution in [0.15, 0.2) is 36.4 Å². The van der Waals surface area contributed by atoms with Gasteiger partial charge < -0.3 is 19.5 Å². The summed E-state index contributed by atoms with van der Waals surface area (Å²) >= 11 is 0. The molecule has 9 heteroatoms. The molecule has 2 aromatic rings. The lowest BCUT2D eigenvalue weighted by Gasteiger charge is -2.24. The molecule has 2 aromatic carbocycles. The number of methoxy groups -OCH3 is 3. The van der Waals surface area contributed by atoms with E-state index in [1.54, 1.807) is 38.4 Å². The van der Waals surface area contributed by atoms with E-state index >= 15 is 0 Å². The number of hydrogen-bond donors (Lipinski definition) is 1. The molecule has 0 bridgehead atoms. The lowest BCUT2D eigenvalue weighted by atomic mass is 10.1. The second-order valence-corrected chi connectivity index (χ2v) is 6.74. The first-order valence-electron chi connectivity index (χ1n) is 9.30. The number of likely N-dealkylation sites (N-methyl/N-ethyl adjacent to an activating group) is 1. The van der Waals surface area contributed by atoms with Crippen LogP contribution in [0.1, 0.15) is 24.1 Å². The maximum absolute atomic E-state index is 12.5. The second-order valence-electron chi connectivity index (χ2n) is 6.74.